The Morgan fingerprint density at radius 2 is 1.63 bits per heavy atom. The summed E-state index contributed by atoms with van der Waals surface area (Å²) in [5.74, 6) is 0.316. The highest BCUT2D eigenvalue weighted by molar-refractivity contribution is 5.77. The minimum absolute atomic E-state index is 0.0253. The molecule has 5 nitrogen and oxygen atoms in total. The largest absolute Gasteiger partial charge is 0.340 e. The molecule has 0 aromatic heterocycles. The molecule has 2 aliphatic heterocycles. The number of hydrogen-bond acceptors (Lipinski definition) is 4. The summed E-state index contributed by atoms with van der Waals surface area (Å²) in [7, 11) is 2.12. The molecule has 5 heteroatoms. The Morgan fingerprint density at radius 1 is 1.05 bits per heavy atom. The fourth-order valence-corrected chi connectivity index (χ4v) is 2.92. The molecule has 0 aromatic carbocycles. The van der Waals surface area contributed by atoms with Crippen LogP contribution in [-0.4, -0.2) is 85.6 Å². The molecule has 19 heavy (non-hydrogen) atoms. The number of carbonyl (C=O) groups excluding carboxylic acids is 1. The third-order valence-corrected chi connectivity index (χ3v) is 4.41. The van der Waals surface area contributed by atoms with E-state index in [9.17, 15) is 4.79 Å². The summed E-state index contributed by atoms with van der Waals surface area (Å²) in [4.78, 5) is 19.2. The van der Waals surface area contributed by atoms with Gasteiger partial charge in [0.1, 0.15) is 0 Å². The molecule has 0 spiro atoms. The van der Waals surface area contributed by atoms with Crippen LogP contribution in [0, 0.1) is 0 Å². The van der Waals surface area contributed by atoms with E-state index in [2.05, 4.69) is 36.0 Å². The van der Waals surface area contributed by atoms with Crippen molar-refractivity contribution < 1.29 is 4.79 Å². The van der Waals surface area contributed by atoms with E-state index in [4.69, 9.17) is 0 Å². The van der Waals surface area contributed by atoms with Gasteiger partial charge in [-0.25, -0.2) is 0 Å². The smallest absolute Gasteiger partial charge is 0.224 e. The molecule has 2 saturated heterocycles. The molecule has 0 radical (unpaired) electrons. The van der Waals surface area contributed by atoms with E-state index in [0.717, 1.165) is 52.4 Å². The Morgan fingerprint density at radius 3 is 2.21 bits per heavy atom. The van der Waals surface area contributed by atoms with Crippen LogP contribution in [0.5, 0.6) is 0 Å². The standard InChI is InChI=1S/C14H28N4O/c1-14(2,18-6-4-15-5-7-18)12-13(19)17-10-8-16(3)9-11-17/h15H,4-12H2,1-3H3. The van der Waals surface area contributed by atoms with Gasteiger partial charge < -0.3 is 15.1 Å². The van der Waals surface area contributed by atoms with E-state index in [1.165, 1.54) is 0 Å². The van der Waals surface area contributed by atoms with E-state index >= 15 is 0 Å². The van der Waals surface area contributed by atoms with Gasteiger partial charge in [-0.1, -0.05) is 0 Å². The third-order valence-electron chi connectivity index (χ3n) is 4.41. The van der Waals surface area contributed by atoms with E-state index in [1.54, 1.807) is 0 Å². The van der Waals surface area contributed by atoms with Crippen molar-refractivity contribution >= 4 is 5.91 Å². The predicted octanol–water partition coefficient (Wildman–Crippen LogP) is -0.166. The normalized spacial score (nSPS) is 23.6. The van der Waals surface area contributed by atoms with Crippen molar-refractivity contribution in [2.45, 2.75) is 25.8 Å². The quantitative estimate of drug-likeness (QED) is 0.772. The molecule has 1 amide bonds. The zero-order valence-electron chi connectivity index (χ0n) is 12.6. The minimum Gasteiger partial charge on any atom is -0.340 e. The van der Waals surface area contributed by atoms with Gasteiger partial charge in [-0.05, 0) is 20.9 Å². The average molecular weight is 268 g/mol. The van der Waals surface area contributed by atoms with Gasteiger partial charge in [-0.15, -0.1) is 0 Å². The van der Waals surface area contributed by atoms with Crippen molar-refractivity contribution in [2.24, 2.45) is 0 Å². The fourth-order valence-electron chi connectivity index (χ4n) is 2.92. The molecule has 0 unspecified atom stereocenters. The summed E-state index contributed by atoms with van der Waals surface area (Å²) in [5.41, 5.74) is -0.0253. The topological polar surface area (TPSA) is 38.8 Å². The Balaban J connectivity index is 1.86. The number of piperazine rings is 2. The van der Waals surface area contributed by atoms with Gasteiger partial charge in [-0.3, -0.25) is 9.69 Å². The molecule has 0 atom stereocenters. The van der Waals surface area contributed by atoms with Gasteiger partial charge in [0.2, 0.25) is 5.91 Å². The lowest BCUT2D eigenvalue weighted by molar-refractivity contribution is -0.135. The number of carbonyl (C=O) groups is 1. The van der Waals surface area contributed by atoms with Crippen LogP contribution in [0.1, 0.15) is 20.3 Å². The second kappa shape index (κ2) is 6.20. The highest BCUT2D eigenvalue weighted by Crippen LogP contribution is 2.21. The number of amides is 1. The van der Waals surface area contributed by atoms with Crippen LogP contribution in [-0.2, 0) is 4.79 Å². The van der Waals surface area contributed by atoms with Gasteiger partial charge >= 0.3 is 0 Å². The number of rotatable bonds is 3. The average Bonchev–Trinajstić information content (AvgIpc) is 2.40. The van der Waals surface area contributed by atoms with Crippen molar-refractivity contribution in [1.29, 1.82) is 0 Å². The van der Waals surface area contributed by atoms with E-state index in [0.29, 0.717) is 12.3 Å². The van der Waals surface area contributed by atoms with E-state index < -0.39 is 0 Å². The number of hydrogen-bond donors (Lipinski definition) is 1. The SMILES string of the molecule is CN1CCN(C(=O)CC(C)(C)N2CCNCC2)CC1. The molecule has 0 saturated carbocycles. The molecule has 0 aromatic rings. The van der Waals surface area contributed by atoms with E-state index in [1.807, 2.05) is 4.90 Å². The van der Waals surface area contributed by atoms with Crippen LogP contribution in [0.4, 0.5) is 0 Å². The van der Waals surface area contributed by atoms with Crippen LogP contribution in [0.2, 0.25) is 0 Å². The number of nitrogens with one attached hydrogen (secondary N) is 1. The van der Waals surface area contributed by atoms with Crippen LogP contribution < -0.4 is 5.32 Å². The van der Waals surface area contributed by atoms with Crippen LogP contribution >= 0.6 is 0 Å². The summed E-state index contributed by atoms with van der Waals surface area (Å²) in [6, 6.07) is 0. The van der Waals surface area contributed by atoms with Crippen molar-refractivity contribution in [3.8, 4) is 0 Å². The Bertz CT molecular complexity index is 305. The molecule has 0 aliphatic carbocycles. The van der Waals surface area contributed by atoms with Gasteiger partial charge in [-0.2, -0.15) is 0 Å². The highest BCUT2D eigenvalue weighted by atomic mass is 16.2. The summed E-state index contributed by atoms with van der Waals surface area (Å²) in [5, 5.41) is 3.37. The maximum absolute atomic E-state index is 12.4. The zero-order chi connectivity index (χ0) is 13.9. The van der Waals surface area contributed by atoms with E-state index in [-0.39, 0.29) is 5.54 Å². The highest BCUT2D eigenvalue weighted by Gasteiger charge is 2.32. The molecule has 2 rings (SSSR count). The third kappa shape index (κ3) is 3.91. The summed E-state index contributed by atoms with van der Waals surface area (Å²) >= 11 is 0. The first kappa shape index (κ1) is 14.8. The Hall–Kier alpha value is -0.650. The minimum atomic E-state index is -0.0253. The summed E-state index contributed by atoms with van der Waals surface area (Å²) < 4.78 is 0. The maximum Gasteiger partial charge on any atom is 0.224 e. The molecule has 2 heterocycles. The molecule has 110 valence electrons. The maximum atomic E-state index is 12.4. The lowest BCUT2D eigenvalue weighted by Crippen LogP contribution is -2.56. The van der Waals surface area contributed by atoms with Crippen molar-refractivity contribution in [3.63, 3.8) is 0 Å². The second-order valence-corrected chi connectivity index (χ2v) is 6.41. The van der Waals surface area contributed by atoms with Crippen molar-refractivity contribution in [2.75, 3.05) is 59.4 Å². The molecule has 2 aliphatic rings. The molecular formula is C14H28N4O. The van der Waals surface area contributed by atoms with Crippen molar-refractivity contribution in [3.05, 3.63) is 0 Å². The Labute approximate surface area is 116 Å². The van der Waals surface area contributed by atoms with Crippen molar-refractivity contribution in [1.82, 2.24) is 20.0 Å². The first-order valence-corrected chi connectivity index (χ1v) is 7.41. The molecule has 2 fully saturated rings. The lowest BCUT2D eigenvalue weighted by Gasteiger charge is -2.42. The monoisotopic (exact) mass is 268 g/mol. The lowest BCUT2D eigenvalue weighted by atomic mass is 9.96. The predicted molar refractivity (Wildman–Crippen MR) is 77.2 cm³/mol. The number of likely N-dealkylation sites (N-methyl/N-ethyl adjacent to an activating group) is 1. The van der Waals surface area contributed by atoms with Crippen LogP contribution in [0.15, 0.2) is 0 Å². The molecule has 1 N–H and O–H groups in total. The first-order chi connectivity index (χ1) is 8.99. The first-order valence-electron chi connectivity index (χ1n) is 7.41. The Kier molecular flexibility index (Phi) is 4.81. The number of nitrogens with zero attached hydrogens (tertiary/aromatic N) is 3. The van der Waals surface area contributed by atoms with Gasteiger partial charge in [0.15, 0.2) is 0 Å². The van der Waals surface area contributed by atoms with Gasteiger partial charge in [0, 0.05) is 64.3 Å². The molecule has 0 bridgehead atoms. The van der Waals surface area contributed by atoms with Gasteiger partial charge in [0.05, 0.1) is 0 Å². The zero-order valence-corrected chi connectivity index (χ0v) is 12.6. The van der Waals surface area contributed by atoms with Crippen LogP contribution in [0.3, 0.4) is 0 Å². The fraction of sp³-hybridized carbons (Fsp3) is 0.929. The van der Waals surface area contributed by atoms with Gasteiger partial charge in [0.25, 0.3) is 0 Å². The summed E-state index contributed by atoms with van der Waals surface area (Å²) in [6.07, 6.45) is 0.636. The molecular weight excluding hydrogens is 240 g/mol. The van der Waals surface area contributed by atoms with Crippen LogP contribution in [0.25, 0.3) is 0 Å². The summed E-state index contributed by atoms with van der Waals surface area (Å²) in [6.45, 7) is 12.3. The second-order valence-electron chi connectivity index (χ2n) is 6.41.